The number of carboxylic acid groups (broad SMARTS) is 1. The minimum atomic E-state index is -0.964. The summed E-state index contributed by atoms with van der Waals surface area (Å²) in [5.41, 5.74) is 0. The Morgan fingerprint density at radius 3 is 2.40 bits per heavy atom. The number of nitrogens with one attached hydrogen (secondary N) is 1. The monoisotopic (exact) mass is 163 g/mol. The summed E-state index contributed by atoms with van der Waals surface area (Å²) in [5.74, 6) is -0.964. The highest BCUT2D eigenvalue weighted by Crippen LogP contribution is 1.96. The van der Waals surface area contributed by atoms with Crippen molar-refractivity contribution in [1.82, 2.24) is 4.72 Å². The van der Waals surface area contributed by atoms with Crippen molar-refractivity contribution in [3.05, 3.63) is 0 Å². The first kappa shape index (κ1) is 9.45. The molecule has 0 rings (SSSR count). The van der Waals surface area contributed by atoms with Crippen molar-refractivity contribution in [2.45, 2.75) is 19.9 Å². The molecule has 0 spiro atoms. The number of aliphatic carboxylic acids is 1. The van der Waals surface area contributed by atoms with Gasteiger partial charge in [0, 0.05) is 6.92 Å². The highest BCUT2D eigenvalue weighted by molar-refractivity contribution is 8.11. The van der Waals surface area contributed by atoms with E-state index < -0.39 is 12.0 Å². The quantitative estimate of drug-likeness (QED) is 0.583. The minimum Gasteiger partial charge on any atom is -0.480 e. The van der Waals surface area contributed by atoms with Crippen molar-refractivity contribution in [3.63, 3.8) is 0 Å². The van der Waals surface area contributed by atoms with Gasteiger partial charge in [-0.15, -0.1) is 0 Å². The van der Waals surface area contributed by atoms with Crippen LogP contribution in [0.1, 0.15) is 13.8 Å². The molecule has 1 unspecified atom stereocenters. The van der Waals surface area contributed by atoms with Gasteiger partial charge in [-0.25, -0.2) is 4.72 Å². The standard InChI is InChI=1S/C5H9NO3S/c1-3(5(8)9)6-10-4(2)7/h3,6H,1-2H3,(H,8,9). The molecule has 0 aromatic heterocycles. The van der Waals surface area contributed by atoms with Crippen molar-refractivity contribution in [3.8, 4) is 0 Å². The van der Waals surface area contributed by atoms with E-state index in [0.717, 1.165) is 11.9 Å². The predicted octanol–water partition coefficient (Wildman–Crippen LogP) is 0.244. The molecule has 58 valence electrons. The van der Waals surface area contributed by atoms with Crippen LogP contribution in [0.2, 0.25) is 0 Å². The second kappa shape index (κ2) is 4.29. The molecule has 0 aromatic carbocycles. The number of carboxylic acids is 1. The first-order chi connectivity index (χ1) is 4.54. The van der Waals surface area contributed by atoms with E-state index >= 15 is 0 Å². The lowest BCUT2D eigenvalue weighted by molar-refractivity contribution is -0.138. The lowest BCUT2D eigenvalue weighted by atomic mass is 10.4. The molecule has 2 N–H and O–H groups in total. The van der Waals surface area contributed by atoms with Crippen LogP contribution < -0.4 is 4.72 Å². The number of hydrogen-bond donors (Lipinski definition) is 2. The van der Waals surface area contributed by atoms with Crippen molar-refractivity contribution < 1.29 is 14.7 Å². The summed E-state index contributed by atoms with van der Waals surface area (Å²) < 4.78 is 2.45. The average Bonchev–Trinajstić information content (AvgIpc) is 1.82. The van der Waals surface area contributed by atoms with E-state index in [4.69, 9.17) is 5.11 Å². The van der Waals surface area contributed by atoms with Gasteiger partial charge in [0.15, 0.2) is 0 Å². The van der Waals surface area contributed by atoms with Gasteiger partial charge < -0.3 is 5.11 Å². The minimum absolute atomic E-state index is 0.145. The summed E-state index contributed by atoms with van der Waals surface area (Å²) in [6.45, 7) is 2.84. The van der Waals surface area contributed by atoms with Crippen LogP contribution in [0.15, 0.2) is 0 Å². The molecule has 4 nitrogen and oxygen atoms in total. The Labute approximate surface area is 63.1 Å². The van der Waals surface area contributed by atoms with Gasteiger partial charge >= 0.3 is 5.97 Å². The molecule has 0 amide bonds. The zero-order valence-corrected chi connectivity index (χ0v) is 6.57. The maximum absolute atomic E-state index is 10.3. The maximum atomic E-state index is 10.3. The zero-order valence-electron chi connectivity index (χ0n) is 5.75. The SMILES string of the molecule is CC(=O)SNC(C)C(=O)O. The Hall–Kier alpha value is -0.550. The van der Waals surface area contributed by atoms with E-state index in [0.29, 0.717) is 0 Å². The summed E-state index contributed by atoms with van der Waals surface area (Å²) in [5, 5.41) is 8.16. The summed E-state index contributed by atoms with van der Waals surface area (Å²) in [4.78, 5) is 20.4. The van der Waals surface area contributed by atoms with E-state index in [1.807, 2.05) is 0 Å². The third kappa shape index (κ3) is 4.34. The molecule has 1 atom stereocenters. The van der Waals surface area contributed by atoms with Crippen molar-refractivity contribution >= 4 is 23.0 Å². The fourth-order valence-corrected chi connectivity index (χ4v) is 0.665. The van der Waals surface area contributed by atoms with E-state index in [1.165, 1.54) is 13.8 Å². The van der Waals surface area contributed by atoms with Crippen LogP contribution in [0.3, 0.4) is 0 Å². The van der Waals surface area contributed by atoms with E-state index in [9.17, 15) is 9.59 Å². The summed E-state index contributed by atoms with van der Waals surface area (Å²) in [7, 11) is 0. The average molecular weight is 163 g/mol. The summed E-state index contributed by atoms with van der Waals surface area (Å²) in [6.07, 6.45) is 0. The lowest BCUT2D eigenvalue weighted by Gasteiger charge is -2.04. The third-order valence-corrected chi connectivity index (χ3v) is 1.51. The van der Waals surface area contributed by atoms with Gasteiger partial charge in [-0.2, -0.15) is 0 Å². The molecule has 0 saturated heterocycles. The zero-order chi connectivity index (χ0) is 8.15. The first-order valence-electron chi connectivity index (χ1n) is 2.69. The molecular formula is C5H9NO3S. The second-order valence-electron chi connectivity index (χ2n) is 1.77. The topological polar surface area (TPSA) is 66.4 Å². The number of rotatable bonds is 3. The molecule has 0 saturated carbocycles. The maximum Gasteiger partial charge on any atom is 0.321 e. The Morgan fingerprint density at radius 1 is 1.60 bits per heavy atom. The summed E-state index contributed by atoms with van der Waals surface area (Å²) in [6, 6.07) is -0.686. The van der Waals surface area contributed by atoms with Gasteiger partial charge in [0.05, 0.1) is 0 Å². The van der Waals surface area contributed by atoms with Crippen LogP contribution in [0, 0.1) is 0 Å². The third-order valence-electron chi connectivity index (χ3n) is 0.750. The van der Waals surface area contributed by atoms with Gasteiger partial charge in [-0.3, -0.25) is 9.59 Å². The van der Waals surface area contributed by atoms with E-state index in [-0.39, 0.29) is 5.12 Å². The van der Waals surface area contributed by atoms with Crippen molar-refractivity contribution in [2.24, 2.45) is 0 Å². The van der Waals surface area contributed by atoms with Crippen LogP contribution >= 0.6 is 11.9 Å². The van der Waals surface area contributed by atoms with Gasteiger partial charge in [-0.05, 0) is 18.9 Å². The molecular weight excluding hydrogens is 154 g/mol. The van der Waals surface area contributed by atoms with Gasteiger partial charge in [0.1, 0.15) is 6.04 Å². The highest BCUT2D eigenvalue weighted by Gasteiger charge is 2.09. The predicted molar refractivity (Wildman–Crippen MR) is 38.5 cm³/mol. The molecule has 0 heterocycles. The van der Waals surface area contributed by atoms with E-state index in [1.54, 1.807) is 0 Å². The Kier molecular flexibility index (Phi) is 4.06. The molecule has 0 aliphatic carbocycles. The Bertz CT molecular complexity index is 148. The summed E-state index contributed by atoms with van der Waals surface area (Å²) >= 11 is 0.798. The molecule has 5 heteroatoms. The molecule has 0 fully saturated rings. The Morgan fingerprint density at radius 2 is 2.10 bits per heavy atom. The molecule has 10 heavy (non-hydrogen) atoms. The molecule has 0 aromatic rings. The first-order valence-corrected chi connectivity index (χ1v) is 3.51. The van der Waals surface area contributed by atoms with E-state index in [2.05, 4.69) is 4.72 Å². The fraction of sp³-hybridized carbons (Fsp3) is 0.600. The van der Waals surface area contributed by atoms with Crippen LogP contribution in [-0.2, 0) is 9.59 Å². The van der Waals surface area contributed by atoms with Crippen LogP contribution in [0.4, 0.5) is 0 Å². The number of hydrogen-bond acceptors (Lipinski definition) is 4. The number of carbonyl (C=O) groups is 2. The number of carbonyl (C=O) groups excluding carboxylic acids is 1. The van der Waals surface area contributed by atoms with Gasteiger partial charge in [0.25, 0.3) is 0 Å². The normalized spacial score (nSPS) is 12.6. The highest BCUT2D eigenvalue weighted by atomic mass is 32.2. The van der Waals surface area contributed by atoms with Crippen LogP contribution in [0.25, 0.3) is 0 Å². The largest absolute Gasteiger partial charge is 0.480 e. The molecule has 0 aliphatic heterocycles. The van der Waals surface area contributed by atoms with Gasteiger partial charge in [-0.1, -0.05) is 0 Å². The smallest absolute Gasteiger partial charge is 0.321 e. The molecule has 0 bridgehead atoms. The lowest BCUT2D eigenvalue weighted by Crippen LogP contribution is -2.29. The van der Waals surface area contributed by atoms with Gasteiger partial charge in [0.2, 0.25) is 5.12 Å². The molecule has 0 aliphatic rings. The van der Waals surface area contributed by atoms with Crippen LogP contribution in [-0.4, -0.2) is 22.2 Å². The second-order valence-corrected chi connectivity index (χ2v) is 2.79. The fourth-order valence-electron chi connectivity index (χ4n) is 0.222. The van der Waals surface area contributed by atoms with Crippen molar-refractivity contribution in [2.75, 3.05) is 0 Å². The Balaban J connectivity index is 3.49. The van der Waals surface area contributed by atoms with Crippen molar-refractivity contribution in [1.29, 1.82) is 0 Å². The van der Waals surface area contributed by atoms with Crippen LogP contribution in [0.5, 0.6) is 0 Å². The molecule has 0 radical (unpaired) electrons.